The average Bonchev–Trinajstić information content (AvgIpc) is 2.46. The molecule has 0 N–H and O–H groups in total. The van der Waals surface area contributed by atoms with E-state index in [1.165, 1.54) is 34.3 Å². The highest BCUT2D eigenvalue weighted by Crippen LogP contribution is 2.38. The summed E-state index contributed by atoms with van der Waals surface area (Å²) < 4.78 is 33.5. The van der Waals surface area contributed by atoms with Gasteiger partial charge < -0.3 is 18.9 Å². The van der Waals surface area contributed by atoms with Crippen molar-refractivity contribution in [1.29, 1.82) is 0 Å². The van der Waals surface area contributed by atoms with Crippen LogP contribution in [0.1, 0.15) is 17.3 Å². The lowest BCUT2D eigenvalue weighted by Gasteiger charge is -2.14. The SMILES string of the molecule is CCOC(=O)C(=O)c1c(F)c(OC)cc(OC)c1OC. The smallest absolute Gasteiger partial charge is 0.379 e. The molecule has 110 valence electrons. The van der Waals surface area contributed by atoms with Crippen molar-refractivity contribution in [2.75, 3.05) is 27.9 Å². The second kappa shape index (κ2) is 6.74. The van der Waals surface area contributed by atoms with Crippen molar-refractivity contribution in [3.63, 3.8) is 0 Å². The Balaban J connectivity index is 3.49. The quantitative estimate of drug-likeness (QED) is 0.449. The predicted octanol–water partition coefficient (Wildman–Crippen LogP) is 1.60. The number of methoxy groups -OCH3 is 3. The molecule has 0 radical (unpaired) electrons. The Morgan fingerprint density at radius 1 is 1.10 bits per heavy atom. The molecule has 0 spiro atoms. The van der Waals surface area contributed by atoms with Gasteiger partial charge in [0, 0.05) is 6.07 Å². The first-order valence-corrected chi connectivity index (χ1v) is 5.71. The monoisotopic (exact) mass is 286 g/mol. The van der Waals surface area contributed by atoms with Crippen LogP contribution in [-0.2, 0) is 9.53 Å². The highest BCUT2D eigenvalue weighted by Gasteiger charge is 2.30. The molecule has 0 aliphatic heterocycles. The van der Waals surface area contributed by atoms with Crippen molar-refractivity contribution in [2.24, 2.45) is 0 Å². The van der Waals surface area contributed by atoms with Gasteiger partial charge in [0.05, 0.1) is 27.9 Å². The predicted molar refractivity (Wildman–Crippen MR) is 67.0 cm³/mol. The number of esters is 1. The Kier molecular flexibility index (Phi) is 5.31. The number of carbonyl (C=O) groups is 2. The van der Waals surface area contributed by atoms with Gasteiger partial charge in [0.15, 0.2) is 23.1 Å². The van der Waals surface area contributed by atoms with E-state index in [4.69, 9.17) is 14.2 Å². The molecule has 1 rings (SSSR count). The molecule has 0 fully saturated rings. The average molecular weight is 286 g/mol. The molecule has 1 aromatic rings. The zero-order chi connectivity index (χ0) is 15.3. The maximum Gasteiger partial charge on any atom is 0.379 e. The molecule has 0 heterocycles. The molecule has 0 atom stereocenters. The summed E-state index contributed by atoms with van der Waals surface area (Å²) in [4.78, 5) is 23.5. The maximum absolute atomic E-state index is 14.2. The van der Waals surface area contributed by atoms with Crippen LogP contribution >= 0.6 is 0 Å². The van der Waals surface area contributed by atoms with Gasteiger partial charge >= 0.3 is 5.97 Å². The van der Waals surface area contributed by atoms with Gasteiger partial charge in [-0.15, -0.1) is 0 Å². The molecule has 0 bridgehead atoms. The third-order valence-electron chi connectivity index (χ3n) is 2.48. The van der Waals surface area contributed by atoms with E-state index in [9.17, 15) is 14.0 Å². The third-order valence-corrected chi connectivity index (χ3v) is 2.48. The van der Waals surface area contributed by atoms with Gasteiger partial charge in [-0.25, -0.2) is 9.18 Å². The van der Waals surface area contributed by atoms with Crippen molar-refractivity contribution in [3.05, 3.63) is 17.4 Å². The van der Waals surface area contributed by atoms with E-state index in [0.29, 0.717) is 0 Å². The molecule has 0 saturated carbocycles. The Hall–Kier alpha value is -2.31. The van der Waals surface area contributed by atoms with Crippen molar-refractivity contribution < 1.29 is 32.9 Å². The van der Waals surface area contributed by atoms with Crippen molar-refractivity contribution in [1.82, 2.24) is 0 Å². The number of ketones is 1. The van der Waals surface area contributed by atoms with Crippen molar-refractivity contribution in [3.8, 4) is 17.2 Å². The summed E-state index contributed by atoms with van der Waals surface area (Å²) in [7, 11) is 3.77. The first kappa shape index (κ1) is 15.7. The molecule has 1 aromatic carbocycles. The minimum Gasteiger partial charge on any atom is -0.494 e. The lowest BCUT2D eigenvalue weighted by atomic mass is 10.1. The Bertz CT molecular complexity index is 526. The number of Topliss-reactive ketones (excluding diaryl/α,β-unsaturated/α-hetero) is 1. The topological polar surface area (TPSA) is 71.1 Å². The number of benzene rings is 1. The standard InChI is InChI=1S/C13H15FO6/c1-5-20-13(16)11(15)9-10(14)7(17-2)6-8(18-3)12(9)19-4/h6H,5H2,1-4H3. The molecule has 0 unspecified atom stereocenters. The fraction of sp³-hybridized carbons (Fsp3) is 0.385. The van der Waals surface area contributed by atoms with Crippen molar-refractivity contribution >= 4 is 11.8 Å². The Morgan fingerprint density at radius 3 is 2.15 bits per heavy atom. The van der Waals surface area contributed by atoms with Crippen LogP contribution in [0.3, 0.4) is 0 Å². The summed E-state index contributed by atoms with van der Waals surface area (Å²) in [5.74, 6) is -3.72. The van der Waals surface area contributed by atoms with E-state index in [0.717, 1.165) is 0 Å². The molecule has 7 heteroatoms. The van der Waals surface area contributed by atoms with Crippen LogP contribution in [0, 0.1) is 5.82 Å². The summed E-state index contributed by atoms with van der Waals surface area (Å²) in [6, 6.07) is 1.22. The van der Waals surface area contributed by atoms with E-state index < -0.39 is 23.1 Å². The van der Waals surface area contributed by atoms with E-state index in [1.807, 2.05) is 0 Å². The zero-order valence-corrected chi connectivity index (χ0v) is 11.6. The Morgan fingerprint density at radius 2 is 1.70 bits per heavy atom. The van der Waals surface area contributed by atoms with E-state index in [1.54, 1.807) is 0 Å². The van der Waals surface area contributed by atoms with Gasteiger partial charge in [-0.2, -0.15) is 0 Å². The fourth-order valence-corrected chi connectivity index (χ4v) is 1.60. The van der Waals surface area contributed by atoms with Crippen LogP contribution in [0.25, 0.3) is 0 Å². The van der Waals surface area contributed by atoms with Gasteiger partial charge in [0.1, 0.15) is 5.56 Å². The Labute approximate surface area is 115 Å². The number of hydrogen-bond donors (Lipinski definition) is 0. The zero-order valence-electron chi connectivity index (χ0n) is 11.6. The maximum atomic E-state index is 14.2. The second-order valence-electron chi connectivity index (χ2n) is 3.55. The third kappa shape index (κ3) is 2.81. The van der Waals surface area contributed by atoms with Crippen LogP contribution in [0.15, 0.2) is 6.07 Å². The van der Waals surface area contributed by atoms with Gasteiger partial charge in [-0.1, -0.05) is 0 Å². The molecular weight excluding hydrogens is 271 g/mol. The first-order valence-electron chi connectivity index (χ1n) is 5.71. The fourth-order valence-electron chi connectivity index (χ4n) is 1.60. The van der Waals surface area contributed by atoms with E-state index >= 15 is 0 Å². The van der Waals surface area contributed by atoms with Crippen LogP contribution < -0.4 is 14.2 Å². The molecular formula is C13H15FO6. The second-order valence-corrected chi connectivity index (χ2v) is 3.55. The highest BCUT2D eigenvalue weighted by molar-refractivity contribution is 6.41. The van der Waals surface area contributed by atoms with Crippen molar-refractivity contribution in [2.45, 2.75) is 6.92 Å². The van der Waals surface area contributed by atoms with E-state index in [-0.39, 0.29) is 23.9 Å². The summed E-state index contributed by atoms with van der Waals surface area (Å²) in [6.45, 7) is 1.53. The van der Waals surface area contributed by atoms with Gasteiger partial charge in [0.2, 0.25) is 0 Å². The number of rotatable bonds is 6. The molecule has 0 aromatic heterocycles. The highest BCUT2D eigenvalue weighted by atomic mass is 19.1. The van der Waals surface area contributed by atoms with E-state index in [2.05, 4.69) is 4.74 Å². The number of hydrogen-bond acceptors (Lipinski definition) is 6. The molecule has 0 aliphatic carbocycles. The minimum atomic E-state index is -1.18. The van der Waals surface area contributed by atoms with Crippen LogP contribution in [0.5, 0.6) is 17.2 Å². The first-order chi connectivity index (χ1) is 9.51. The summed E-state index contributed by atoms with van der Waals surface area (Å²) >= 11 is 0. The lowest BCUT2D eigenvalue weighted by Crippen LogP contribution is -2.20. The van der Waals surface area contributed by atoms with Crippen LogP contribution in [-0.4, -0.2) is 39.7 Å². The minimum absolute atomic E-state index is 0.00435. The largest absolute Gasteiger partial charge is 0.494 e. The molecule has 0 saturated heterocycles. The lowest BCUT2D eigenvalue weighted by molar-refractivity contribution is -0.137. The molecule has 0 aliphatic rings. The number of ether oxygens (including phenoxy) is 4. The summed E-state index contributed by atoms with van der Waals surface area (Å²) in [6.07, 6.45) is 0. The van der Waals surface area contributed by atoms with Gasteiger partial charge in [-0.3, -0.25) is 4.79 Å². The summed E-state index contributed by atoms with van der Waals surface area (Å²) in [5, 5.41) is 0. The van der Waals surface area contributed by atoms with Crippen LogP contribution in [0.4, 0.5) is 4.39 Å². The normalized spacial score (nSPS) is 9.85. The number of halogens is 1. The van der Waals surface area contributed by atoms with Crippen LogP contribution in [0.2, 0.25) is 0 Å². The molecule has 0 amide bonds. The number of carbonyl (C=O) groups excluding carboxylic acids is 2. The summed E-state index contributed by atoms with van der Waals surface area (Å²) in [5.41, 5.74) is -0.581. The molecule has 6 nitrogen and oxygen atoms in total. The van der Waals surface area contributed by atoms with Gasteiger partial charge in [-0.05, 0) is 6.92 Å². The van der Waals surface area contributed by atoms with Gasteiger partial charge in [0.25, 0.3) is 5.78 Å². The molecule has 20 heavy (non-hydrogen) atoms.